The summed E-state index contributed by atoms with van der Waals surface area (Å²) in [4.78, 5) is 28.6. The molecule has 0 unspecified atom stereocenters. The van der Waals surface area contributed by atoms with Gasteiger partial charge in [-0.15, -0.1) is 0 Å². The van der Waals surface area contributed by atoms with E-state index in [0.29, 0.717) is 29.1 Å². The second kappa shape index (κ2) is 11.0. The standard InChI is InChI=1S/C32H31NO3/c1-32(2,3)26-18-20-27(21-19-26)36-23-30(34)33(22-24-12-6-4-7-13-24)29-17-11-10-16-28(29)31(35)25-14-8-5-9-15-25/h4-21H,22-23H2,1-3H3. The van der Waals surface area contributed by atoms with Gasteiger partial charge < -0.3 is 9.64 Å². The molecule has 0 fully saturated rings. The van der Waals surface area contributed by atoms with Crippen molar-refractivity contribution in [3.63, 3.8) is 0 Å². The Balaban J connectivity index is 1.61. The summed E-state index contributed by atoms with van der Waals surface area (Å²) in [5.41, 5.74) is 3.81. The number of anilines is 1. The zero-order valence-electron chi connectivity index (χ0n) is 21.0. The lowest BCUT2D eigenvalue weighted by atomic mass is 9.87. The number of rotatable bonds is 8. The fraction of sp³-hybridized carbons (Fsp3) is 0.188. The lowest BCUT2D eigenvalue weighted by molar-refractivity contribution is -0.120. The topological polar surface area (TPSA) is 46.6 Å². The number of ketones is 1. The van der Waals surface area contributed by atoms with Crippen LogP contribution in [-0.2, 0) is 16.8 Å². The summed E-state index contributed by atoms with van der Waals surface area (Å²) < 4.78 is 5.88. The highest BCUT2D eigenvalue weighted by Gasteiger charge is 2.23. The van der Waals surface area contributed by atoms with Crippen LogP contribution in [0, 0.1) is 0 Å². The Kier molecular flexibility index (Phi) is 7.65. The summed E-state index contributed by atoms with van der Waals surface area (Å²) in [6.07, 6.45) is 0. The summed E-state index contributed by atoms with van der Waals surface area (Å²) in [5, 5.41) is 0. The normalized spacial score (nSPS) is 11.1. The number of carbonyl (C=O) groups is 2. The highest BCUT2D eigenvalue weighted by Crippen LogP contribution is 2.27. The van der Waals surface area contributed by atoms with Gasteiger partial charge in [-0.3, -0.25) is 9.59 Å². The third kappa shape index (κ3) is 6.08. The predicted octanol–water partition coefficient (Wildman–Crippen LogP) is 6.83. The second-order valence-corrected chi connectivity index (χ2v) is 9.74. The smallest absolute Gasteiger partial charge is 0.265 e. The number of nitrogens with zero attached hydrogens (tertiary/aromatic N) is 1. The van der Waals surface area contributed by atoms with Crippen molar-refractivity contribution in [1.29, 1.82) is 0 Å². The Bertz CT molecular complexity index is 1310. The molecular formula is C32H31NO3. The molecule has 4 nitrogen and oxygen atoms in total. The molecule has 0 heterocycles. The van der Waals surface area contributed by atoms with Crippen LogP contribution in [0.3, 0.4) is 0 Å². The van der Waals surface area contributed by atoms with Crippen LogP contribution in [0.4, 0.5) is 5.69 Å². The minimum Gasteiger partial charge on any atom is -0.484 e. The molecule has 0 spiro atoms. The van der Waals surface area contributed by atoms with Crippen LogP contribution in [-0.4, -0.2) is 18.3 Å². The van der Waals surface area contributed by atoms with Crippen LogP contribution >= 0.6 is 0 Å². The molecule has 0 aromatic heterocycles. The molecule has 4 aromatic rings. The van der Waals surface area contributed by atoms with Gasteiger partial charge in [-0.25, -0.2) is 0 Å². The molecular weight excluding hydrogens is 446 g/mol. The van der Waals surface area contributed by atoms with Gasteiger partial charge in [0.05, 0.1) is 12.2 Å². The van der Waals surface area contributed by atoms with Gasteiger partial charge in [0.25, 0.3) is 5.91 Å². The minimum absolute atomic E-state index is 0.0375. The summed E-state index contributed by atoms with van der Waals surface area (Å²) in [6, 6.07) is 33.9. The van der Waals surface area contributed by atoms with E-state index in [0.717, 1.165) is 5.56 Å². The van der Waals surface area contributed by atoms with Crippen molar-refractivity contribution >= 4 is 17.4 Å². The Morgan fingerprint density at radius 1 is 0.722 bits per heavy atom. The van der Waals surface area contributed by atoms with Crippen molar-refractivity contribution in [1.82, 2.24) is 0 Å². The first kappa shape index (κ1) is 24.9. The van der Waals surface area contributed by atoms with Crippen molar-refractivity contribution in [2.75, 3.05) is 11.5 Å². The predicted molar refractivity (Wildman–Crippen MR) is 145 cm³/mol. The maximum atomic E-state index is 13.5. The van der Waals surface area contributed by atoms with Crippen molar-refractivity contribution in [3.05, 3.63) is 131 Å². The van der Waals surface area contributed by atoms with Gasteiger partial charge in [-0.05, 0) is 40.8 Å². The Morgan fingerprint density at radius 3 is 1.94 bits per heavy atom. The quantitative estimate of drug-likeness (QED) is 0.261. The van der Waals surface area contributed by atoms with Crippen LogP contribution in [0.5, 0.6) is 5.75 Å². The maximum Gasteiger partial charge on any atom is 0.265 e. The number of hydrogen-bond donors (Lipinski definition) is 0. The zero-order chi connectivity index (χ0) is 25.5. The molecule has 0 atom stereocenters. The van der Waals surface area contributed by atoms with Crippen LogP contribution < -0.4 is 9.64 Å². The summed E-state index contributed by atoms with van der Waals surface area (Å²) in [5.74, 6) is 0.271. The molecule has 0 aliphatic rings. The van der Waals surface area contributed by atoms with Crippen LogP contribution in [0.15, 0.2) is 109 Å². The summed E-state index contributed by atoms with van der Waals surface area (Å²) in [7, 11) is 0. The van der Waals surface area contributed by atoms with Gasteiger partial charge >= 0.3 is 0 Å². The van der Waals surface area contributed by atoms with E-state index < -0.39 is 0 Å². The molecule has 0 radical (unpaired) electrons. The number of ether oxygens (including phenoxy) is 1. The molecule has 36 heavy (non-hydrogen) atoms. The largest absolute Gasteiger partial charge is 0.484 e. The lowest BCUT2D eigenvalue weighted by Gasteiger charge is -2.25. The molecule has 1 amide bonds. The molecule has 0 saturated carbocycles. The van der Waals surface area contributed by atoms with E-state index in [-0.39, 0.29) is 23.7 Å². The highest BCUT2D eigenvalue weighted by atomic mass is 16.5. The Hall–Kier alpha value is -4.18. The first-order chi connectivity index (χ1) is 17.3. The van der Waals surface area contributed by atoms with Gasteiger partial charge in [0.15, 0.2) is 12.4 Å². The number of amides is 1. The van der Waals surface area contributed by atoms with E-state index in [9.17, 15) is 9.59 Å². The monoisotopic (exact) mass is 477 g/mol. The fourth-order valence-corrected chi connectivity index (χ4v) is 3.99. The van der Waals surface area contributed by atoms with E-state index in [2.05, 4.69) is 20.8 Å². The molecule has 4 rings (SSSR count). The molecule has 0 aliphatic heterocycles. The molecule has 0 aliphatic carbocycles. The van der Waals surface area contributed by atoms with E-state index in [1.807, 2.05) is 91.0 Å². The van der Waals surface area contributed by atoms with Gasteiger partial charge in [-0.2, -0.15) is 0 Å². The fourth-order valence-electron chi connectivity index (χ4n) is 3.99. The van der Waals surface area contributed by atoms with Crippen LogP contribution in [0.2, 0.25) is 0 Å². The third-order valence-electron chi connectivity index (χ3n) is 6.04. The third-order valence-corrected chi connectivity index (χ3v) is 6.04. The average Bonchev–Trinajstić information content (AvgIpc) is 2.91. The number of hydrogen-bond acceptors (Lipinski definition) is 3. The molecule has 0 saturated heterocycles. The van der Waals surface area contributed by atoms with Crippen molar-refractivity contribution in [3.8, 4) is 5.75 Å². The van der Waals surface area contributed by atoms with Crippen molar-refractivity contribution < 1.29 is 14.3 Å². The minimum atomic E-state index is -0.230. The lowest BCUT2D eigenvalue weighted by Crippen LogP contribution is -2.35. The highest BCUT2D eigenvalue weighted by molar-refractivity contribution is 6.14. The van der Waals surface area contributed by atoms with E-state index in [4.69, 9.17) is 4.74 Å². The SMILES string of the molecule is CC(C)(C)c1ccc(OCC(=O)N(Cc2ccccc2)c2ccccc2C(=O)c2ccccc2)cc1. The molecule has 4 heteroatoms. The van der Waals surface area contributed by atoms with Gasteiger partial charge in [-0.1, -0.05) is 106 Å². The number of benzene rings is 4. The van der Waals surface area contributed by atoms with Gasteiger partial charge in [0, 0.05) is 11.1 Å². The molecule has 182 valence electrons. The van der Waals surface area contributed by atoms with Crippen LogP contribution in [0.1, 0.15) is 47.8 Å². The second-order valence-electron chi connectivity index (χ2n) is 9.74. The molecule has 4 aromatic carbocycles. The summed E-state index contributed by atoms with van der Waals surface area (Å²) in [6.45, 7) is 6.65. The van der Waals surface area contributed by atoms with E-state index in [1.54, 1.807) is 23.1 Å². The van der Waals surface area contributed by atoms with E-state index in [1.165, 1.54) is 5.56 Å². The Morgan fingerprint density at radius 2 is 1.31 bits per heavy atom. The number of carbonyl (C=O) groups excluding carboxylic acids is 2. The first-order valence-electron chi connectivity index (χ1n) is 12.1. The average molecular weight is 478 g/mol. The molecule has 0 bridgehead atoms. The van der Waals surface area contributed by atoms with E-state index >= 15 is 0 Å². The van der Waals surface area contributed by atoms with Crippen LogP contribution in [0.25, 0.3) is 0 Å². The number of para-hydroxylation sites is 1. The van der Waals surface area contributed by atoms with Crippen molar-refractivity contribution in [2.24, 2.45) is 0 Å². The molecule has 0 N–H and O–H groups in total. The van der Waals surface area contributed by atoms with Gasteiger partial charge in [0.1, 0.15) is 5.75 Å². The van der Waals surface area contributed by atoms with Gasteiger partial charge in [0.2, 0.25) is 0 Å². The zero-order valence-corrected chi connectivity index (χ0v) is 21.0. The maximum absolute atomic E-state index is 13.5. The summed E-state index contributed by atoms with van der Waals surface area (Å²) >= 11 is 0. The first-order valence-corrected chi connectivity index (χ1v) is 12.1. The van der Waals surface area contributed by atoms with Crippen molar-refractivity contribution in [2.45, 2.75) is 32.7 Å². The Labute approximate surface area is 213 Å².